The van der Waals surface area contributed by atoms with E-state index < -0.39 is 0 Å². The Bertz CT molecular complexity index is 387. The number of nitrogens with two attached hydrogens (primary N) is 1. The Morgan fingerprint density at radius 3 is 3.24 bits per heavy atom. The van der Waals surface area contributed by atoms with E-state index in [-0.39, 0.29) is 12.6 Å². The van der Waals surface area contributed by atoms with E-state index in [2.05, 4.69) is 15.4 Å². The molecule has 0 radical (unpaired) electrons. The summed E-state index contributed by atoms with van der Waals surface area (Å²) in [6.07, 6.45) is 1.71. The summed E-state index contributed by atoms with van der Waals surface area (Å²) >= 11 is 0. The van der Waals surface area contributed by atoms with Crippen LogP contribution in [-0.2, 0) is 4.74 Å². The molecule has 0 aliphatic carbocycles. The molecule has 1 aromatic rings. The quantitative estimate of drug-likeness (QED) is 0.472. The fourth-order valence-corrected chi connectivity index (χ4v) is 1.88. The topological polar surface area (TPSA) is 96.5 Å². The first-order valence-electron chi connectivity index (χ1n) is 5.51. The molecule has 1 fully saturated rings. The van der Waals surface area contributed by atoms with Gasteiger partial charge in [0.25, 0.3) is 0 Å². The summed E-state index contributed by atoms with van der Waals surface area (Å²) in [4.78, 5) is 10.4. The maximum Gasteiger partial charge on any atom is 0.239 e. The van der Waals surface area contributed by atoms with Crippen LogP contribution in [0.15, 0.2) is 6.20 Å². The summed E-state index contributed by atoms with van der Waals surface area (Å²) in [6.45, 7) is 3.80. The summed E-state index contributed by atoms with van der Waals surface area (Å²) < 4.78 is 5.34. The van der Waals surface area contributed by atoms with Gasteiger partial charge in [0.2, 0.25) is 5.95 Å². The zero-order valence-electron chi connectivity index (χ0n) is 9.76. The van der Waals surface area contributed by atoms with Crippen LogP contribution in [0.1, 0.15) is 5.56 Å². The molecule has 0 amide bonds. The van der Waals surface area contributed by atoms with Crippen molar-refractivity contribution >= 4 is 11.8 Å². The smallest absolute Gasteiger partial charge is 0.239 e. The standard InChI is InChI=1S/C10H17N5O2/c1-7-4-12-10(14-11)13-9(7)15-2-3-17-6-8(15)5-16/h4,8,16H,2-3,5-6,11H2,1H3,(H,12,13,14). The monoisotopic (exact) mass is 239 g/mol. The lowest BCUT2D eigenvalue weighted by atomic mass is 10.2. The normalized spacial score (nSPS) is 20.4. The van der Waals surface area contributed by atoms with Gasteiger partial charge in [0.1, 0.15) is 5.82 Å². The van der Waals surface area contributed by atoms with Crippen molar-refractivity contribution in [3.05, 3.63) is 11.8 Å². The van der Waals surface area contributed by atoms with Crippen molar-refractivity contribution in [2.75, 3.05) is 36.7 Å². The van der Waals surface area contributed by atoms with E-state index in [0.29, 0.717) is 25.7 Å². The molecule has 4 N–H and O–H groups in total. The molecular formula is C10H17N5O2. The van der Waals surface area contributed by atoms with Gasteiger partial charge in [-0.3, -0.25) is 5.43 Å². The number of anilines is 2. The van der Waals surface area contributed by atoms with Gasteiger partial charge in [-0.1, -0.05) is 0 Å². The van der Waals surface area contributed by atoms with Crippen LogP contribution in [0.3, 0.4) is 0 Å². The maximum atomic E-state index is 9.33. The third kappa shape index (κ3) is 2.46. The largest absolute Gasteiger partial charge is 0.394 e. The van der Waals surface area contributed by atoms with E-state index in [1.165, 1.54) is 0 Å². The van der Waals surface area contributed by atoms with Gasteiger partial charge in [-0.25, -0.2) is 10.8 Å². The number of rotatable bonds is 3. The summed E-state index contributed by atoms with van der Waals surface area (Å²) in [7, 11) is 0. The number of aryl methyl sites for hydroxylation is 1. The Morgan fingerprint density at radius 2 is 2.53 bits per heavy atom. The number of hydrogen-bond acceptors (Lipinski definition) is 7. The Kier molecular flexibility index (Phi) is 3.72. The Labute approximate surface area is 99.6 Å². The lowest BCUT2D eigenvalue weighted by molar-refractivity contribution is 0.0722. The summed E-state index contributed by atoms with van der Waals surface area (Å²) in [5.41, 5.74) is 3.37. The number of aliphatic hydroxyl groups is 1. The molecule has 1 saturated heterocycles. The van der Waals surface area contributed by atoms with Crippen LogP contribution >= 0.6 is 0 Å². The minimum Gasteiger partial charge on any atom is -0.394 e. The van der Waals surface area contributed by atoms with Crippen LogP contribution in [0.2, 0.25) is 0 Å². The van der Waals surface area contributed by atoms with Crippen molar-refractivity contribution < 1.29 is 9.84 Å². The lowest BCUT2D eigenvalue weighted by Gasteiger charge is -2.36. The van der Waals surface area contributed by atoms with E-state index in [9.17, 15) is 5.11 Å². The molecule has 1 aromatic heterocycles. The molecule has 1 aliphatic rings. The van der Waals surface area contributed by atoms with Crippen molar-refractivity contribution in [3.8, 4) is 0 Å². The molecule has 0 saturated carbocycles. The number of nitrogens with zero attached hydrogens (tertiary/aromatic N) is 3. The average molecular weight is 239 g/mol. The molecule has 1 unspecified atom stereocenters. The molecule has 94 valence electrons. The molecule has 7 heteroatoms. The third-order valence-corrected chi connectivity index (χ3v) is 2.78. The number of hydrazine groups is 1. The minimum atomic E-state index is -0.0667. The van der Waals surface area contributed by atoms with E-state index in [0.717, 1.165) is 11.4 Å². The van der Waals surface area contributed by atoms with Crippen molar-refractivity contribution in [3.63, 3.8) is 0 Å². The van der Waals surface area contributed by atoms with E-state index in [4.69, 9.17) is 10.6 Å². The Balaban J connectivity index is 2.30. The molecule has 0 bridgehead atoms. The van der Waals surface area contributed by atoms with Crippen molar-refractivity contribution in [1.82, 2.24) is 9.97 Å². The van der Waals surface area contributed by atoms with Crippen molar-refractivity contribution in [1.29, 1.82) is 0 Å². The van der Waals surface area contributed by atoms with Crippen LogP contribution in [-0.4, -0.2) is 47.5 Å². The van der Waals surface area contributed by atoms with Gasteiger partial charge in [0.15, 0.2) is 0 Å². The molecule has 1 atom stereocenters. The highest BCUT2D eigenvalue weighted by Crippen LogP contribution is 2.21. The van der Waals surface area contributed by atoms with Gasteiger partial charge in [0.05, 0.1) is 25.9 Å². The molecule has 2 heterocycles. The van der Waals surface area contributed by atoms with Gasteiger partial charge in [-0.05, 0) is 6.92 Å². The second-order valence-corrected chi connectivity index (χ2v) is 3.95. The highest BCUT2D eigenvalue weighted by Gasteiger charge is 2.25. The zero-order valence-corrected chi connectivity index (χ0v) is 9.76. The number of ether oxygens (including phenoxy) is 1. The third-order valence-electron chi connectivity index (χ3n) is 2.78. The first-order chi connectivity index (χ1) is 8.26. The van der Waals surface area contributed by atoms with E-state index in [1.807, 2.05) is 11.8 Å². The van der Waals surface area contributed by atoms with Gasteiger partial charge in [-0.2, -0.15) is 4.98 Å². The first kappa shape index (κ1) is 12.0. The first-order valence-corrected chi connectivity index (χ1v) is 5.51. The highest BCUT2D eigenvalue weighted by atomic mass is 16.5. The van der Waals surface area contributed by atoms with Crippen LogP contribution in [0.4, 0.5) is 11.8 Å². The van der Waals surface area contributed by atoms with E-state index in [1.54, 1.807) is 6.20 Å². The second-order valence-electron chi connectivity index (χ2n) is 3.95. The van der Waals surface area contributed by atoms with Crippen LogP contribution in [0, 0.1) is 6.92 Å². The predicted octanol–water partition coefficient (Wildman–Crippen LogP) is -0.732. The molecule has 17 heavy (non-hydrogen) atoms. The van der Waals surface area contributed by atoms with Gasteiger partial charge >= 0.3 is 0 Å². The van der Waals surface area contributed by atoms with Gasteiger partial charge in [0, 0.05) is 18.3 Å². The summed E-state index contributed by atoms with van der Waals surface area (Å²) in [6, 6.07) is -0.0667. The van der Waals surface area contributed by atoms with Crippen molar-refractivity contribution in [2.24, 2.45) is 5.84 Å². The highest BCUT2D eigenvalue weighted by molar-refractivity contribution is 5.50. The van der Waals surface area contributed by atoms with Crippen LogP contribution in [0.25, 0.3) is 0 Å². The zero-order chi connectivity index (χ0) is 12.3. The number of aliphatic hydroxyl groups excluding tert-OH is 1. The Morgan fingerprint density at radius 1 is 1.71 bits per heavy atom. The summed E-state index contributed by atoms with van der Waals surface area (Å²) in [5, 5.41) is 9.33. The number of nitrogens with one attached hydrogen (secondary N) is 1. The minimum absolute atomic E-state index is 0.0365. The second kappa shape index (κ2) is 5.26. The van der Waals surface area contributed by atoms with Gasteiger partial charge in [-0.15, -0.1) is 0 Å². The molecule has 7 nitrogen and oxygen atoms in total. The van der Waals surface area contributed by atoms with Crippen LogP contribution < -0.4 is 16.2 Å². The molecular weight excluding hydrogens is 222 g/mol. The number of aromatic nitrogens is 2. The number of hydrogen-bond donors (Lipinski definition) is 3. The fraction of sp³-hybridized carbons (Fsp3) is 0.600. The number of morpholine rings is 1. The maximum absolute atomic E-state index is 9.33. The molecule has 0 spiro atoms. The van der Waals surface area contributed by atoms with Crippen LogP contribution in [0.5, 0.6) is 0 Å². The molecule has 1 aliphatic heterocycles. The molecule has 2 rings (SSSR count). The van der Waals surface area contributed by atoms with E-state index >= 15 is 0 Å². The molecule has 0 aromatic carbocycles. The lowest BCUT2D eigenvalue weighted by Crippen LogP contribution is -2.48. The SMILES string of the molecule is Cc1cnc(NN)nc1N1CCOCC1CO. The average Bonchev–Trinajstić information content (AvgIpc) is 2.39. The fourth-order valence-electron chi connectivity index (χ4n) is 1.88. The predicted molar refractivity (Wildman–Crippen MR) is 63.6 cm³/mol. The van der Waals surface area contributed by atoms with Gasteiger partial charge < -0.3 is 14.7 Å². The Hall–Kier alpha value is -1.44. The van der Waals surface area contributed by atoms with Crippen molar-refractivity contribution in [2.45, 2.75) is 13.0 Å². The number of nitrogen functional groups attached to an aromatic ring is 1. The summed E-state index contributed by atoms with van der Waals surface area (Å²) in [5.74, 6) is 6.45.